The van der Waals surface area contributed by atoms with E-state index in [4.69, 9.17) is 14.2 Å². The van der Waals surface area contributed by atoms with Crippen LogP contribution in [-0.4, -0.2) is 55.0 Å². The van der Waals surface area contributed by atoms with Crippen LogP contribution in [0.2, 0.25) is 0 Å². The van der Waals surface area contributed by atoms with Crippen LogP contribution in [0.1, 0.15) is 33.6 Å². The number of morpholine rings is 1. The van der Waals surface area contributed by atoms with Crippen LogP contribution in [0.3, 0.4) is 0 Å². The number of esters is 1. The van der Waals surface area contributed by atoms with Gasteiger partial charge in [0, 0.05) is 0 Å². The maximum absolute atomic E-state index is 12.3. The highest BCUT2D eigenvalue weighted by molar-refractivity contribution is 5.74. The Bertz CT molecular complexity index is 376. The topological polar surface area (TPSA) is 65.1 Å². The number of ether oxygens (including phenoxy) is 3. The molecule has 2 saturated heterocycles. The van der Waals surface area contributed by atoms with Crippen molar-refractivity contribution in [2.75, 3.05) is 20.3 Å². The van der Waals surface area contributed by atoms with E-state index in [2.05, 4.69) is 0 Å². The summed E-state index contributed by atoms with van der Waals surface area (Å²) in [4.78, 5) is 25.8. The van der Waals surface area contributed by atoms with Crippen LogP contribution in [-0.2, 0) is 19.0 Å². The zero-order valence-corrected chi connectivity index (χ0v) is 12.5. The van der Waals surface area contributed by atoms with E-state index in [0.717, 1.165) is 0 Å². The summed E-state index contributed by atoms with van der Waals surface area (Å²) in [6.07, 6.45) is 0.823. The maximum atomic E-state index is 12.3. The minimum Gasteiger partial charge on any atom is -0.469 e. The molecule has 0 aromatic heterocycles. The average Bonchev–Trinajstić information content (AvgIpc) is 2.34. The Morgan fingerprint density at radius 2 is 1.70 bits per heavy atom. The monoisotopic (exact) mass is 285 g/mol. The number of carbonyl (C=O) groups is 2. The van der Waals surface area contributed by atoms with Crippen LogP contribution in [0.4, 0.5) is 4.79 Å². The average molecular weight is 285 g/mol. The van der Waals surface area contributed by atoms with Crippen molar-refractivity contribution >= 4 is 12.1 Å². The molecule has 2 atom stereocenters. The van der Waals surface area contributed by atoms with Gasteiger partial charge in [0.15, 0.2) is 0 Å². The van der Waals surface area contributed by atoms with Crippen LogP contribution in [0.5, 0.6) is 0 Å². The molecule has 0 aliphatic carbocycles. The SMILES string of the molecule is COC(=O)C1C[C@H]2COC[C@H](C1)N2C(=O)OC(C)(C)C. The van der Waals surface area contributed by atoms with E-state index < -0.39 is 5.60 Å². The molecule has 0 radical (unpaired) electrons. The van der Waals surface area contributed by atoms with Gasteiger partial charge in [-0.15, -0.1) is 0 Å². The molecule has 1 amide bonds. The van der Waals surface area contributed by atoms with E-state index in [1.807, 2.05) is 20.8 Å². The highest BCUT2D eigenvalue weighted by atomic mass is 16.6. The molecule has 6 nitrogen and oxygen atoms in total. The summed E-state index contributed by atoms with van der Waals surface area (Å²) in [6.45, 7) is 6.43. The summed E-state index contributed by atoms with van der Waals surface area (Å²) in [5.41, 5.74) is -0.522. The number of piperidine rings is 1. The van der Waals surface area contributed by atoms with E-state index in [-0.39, 0.29) is 30.1 Å². The fraction of sp³-hybridized carbons (Fsp3) is 0.857. The van der Waals surface area contributed by atoms with Crippen LogP contribution in [0.25, 0.3) is 0 Å². The number of amides is 1. The number of rotatable bonds is 1. The van der Waals surface area contributed by atoms with E-state index in [0.29, 0.717) is 26.1 Å². The molecule has 20 heavy (non-hydrogen) atoms. The second kappa shape index (κ2) is 5.60. The summed E-state index contributed by atoms with van der Waals surface area (Å²) in [6, 6.07) is -0.220. The van der Waals surface area contributed by atoms with Gasteiger partial charge >= 0.3 is 12.1 Å². The van der Waals surface area contributed by atoms with Crippen molar-refractivity contribution < 1.29 is 23.8 Å². The van der Waals surface area contributed by atoms with Gasteiger partial charge in [0.25, 0.3) is 0 Å². The fourth-order valence-corrected chi connectivity index (χ4v) is 2.89. The number of hydrogen-bond acceptors (Lipinski definition) is 5. The quantitative estimate of drug-likeness (QED) is 0.684. The molecule has 6 heteroatoms. The Balaban J connectivity index is 2.09. The number of hydrogen-bond donors (Lipinski definition) is 0. The van der Waals surface area contributed by atoms with Crippen LogP contribution < -0.4 is 0 Å². The van der Waals surface area contributed by atoms with E-state index in [1.165, 1.54) is 7.11 Å². The number of carbonyl (C=O) groups excluding carboxylic acids is 2. The second-order valence-electron chi connectivity index (χ2n) is 6.42. The summed E-state index contributed by atoms with van der Waals surface area (Å²) < 4.78 is 15.8. The normalized spacial score (nSPS) is 29.8. The van der Waals surface area contributed by atoms with Crippen LogP contribution in [0, 0.1) is 5.92 Å². The molecule has 0 N–H and O–H groups in total. The Morgan fingerprint density at radius 3 is 2.15 bits per heavy atom. The minimum atomic E-state index is -0.522. The molecule has 2 aliphatic rings. The summed E-state index contributed by atoms with van der Waals surface area (Å²) in [5.74, 6) is -0.358. The Morgan fingerprint density at radius 1 is 1.15 bits per heavy atom. The number of methoxy groups -OCH3 is 1. The molecule has 2 fully saturated rings. The van der Waals surface area contributed by atoms with Crippen molar-refractivity contribution in [3.63, 3.8) is 0 Å². The molecule has 0 saturated carbocycles. The van der Waals surface area contributed by atoms with Gasteiger partial charge in [0.2, 0.25) is 0 Å². The van der Waals surface area contributed by atoms with Gasteiger partial charge in [-0.2, -0.15) is 0 Å². The van der Waals surface area contributed by atoms with E-state index in [9.17, 15) is 9.59 Å². The van der Waals surface area contributed by atoms with Crippen LogP contribution >= 0.6 is 0 Å². The first-order chi connectivity index (χ1) is 9.31. The smallest absolute Gasteiger partial charge is 0.410 e. The lowest BCUT2D eigenvalue weighted by molar-refractivity contribution is -0.153. The lowest BCUT2D eigenvalue weighted by Gasteiger charge is -2.47. The fourth-order valence-electron chi connectivity index (χ4n) is 2.89. The molecule has 0 aromatic rings. The number of nitrogens with zero attached hydrogens (tertiary/aromatic N) is 1. The lowest BCUT2D eigenvalue weighted by atomic mass is 9.85. The van der Waals surface area contributed by atoms with E-state index >= 15 is 0 Å². The first kappa shape index (κ1) is 15.1. The van der Waals surface area contributed by atoms with Crippen LogP contribution in [0.15, 0.2) is 0 Å². The Kier molecular flexibility index (Phi) is 4.22. The molecule has 2 bridgehead atoms. The Labute approximate surface area is 119 Å². The minimum absolute atomic E-state index is 0.110. The predicted molar refractivity (Wildman–Crippen MR) is 71.2 cm³/mol. The molecule has 114 valence electrons. The largest absolute Gasteiger partial charge is 0.469 e. The third kappa shape index (κ3) is 3.23. The standard InChI is InChI=1S/C14H23NO5/c1-14(2,3)20-13(17)15-10-5-9(12(16)18-4)6-11(15)8-19-7-10/h9-11H,5-8H2,1-4H3/t10-,11-/m0/s1. The maximum Gasteiger partial charge on any atom is 0.410 e. The predicted octanol–water partition coefficient (Wildman–Crippen LogP) is 1.57. The molecular weight excluding hydrogens is 262 g/mol. The lowest BCUT2D eigenvalue weighted by Crippen LogP contribution is -2.60. The Hall–Kier alpha value is -1.30. The van der Waals surface area contributed by atoms with Gasteiger partial charge in [-0.1, -0.05) is 0 Å². The molecule has 0 aromatic carbocycles. The van der Waals surface area contributed by atoms with Gasteiger partial charge in [0.1, 0.15) is 5.60 Å². The molecular formula is C14H23NO5. The molecule has 0 unspecified atom stereocenters. The molecule has 2 rings (SSSR count). The summed E-state index contributed by atoms with van der Waals surface area (Å²) in [5, 5.41) is 0. The zero-order valence-electron chi connectivity index (χ0n) is 12.5. The highest BCUT2D eigenvalue weighted by Gasteiger charge is 2.45. The first-order valence-electron chi connectivity index (χ1n) is 6.98. The van der Waals surface area contributed by atoms with Crippen molar-refractivity contribution in [1.29, 1.82) is 0 Å². The molecule has 0 spiro atoms. The first-order valence-corrected chi connectivity index (χ1v) is 6.98. The van der Waals surface area contributed by atoms with Crippen molar-refractivity contribution in [1.82, 2.24) is 4.90 Å². The highest BCUT2D eigenvalue weighted by Crippen LogP contribution is 2.33. The third-order valence-corrected chi connectivity index (χ3v) is 3.66. The van der Waals surface area contributed by atoms with Gasteiger partial charge in [0.05, 0.1) is 38.3 Å². The van der Waals surface area contributed by atoms with Crippen molar-refractivity contribution in [3.05, 3.63) is 0 Å². The molecule has 2 heterocycles. The second-order valence-corrected chi connectivity index (χ2v) is 6.42. The van der Waals surface area contributed by atoms with Crippen molar-refractivity contribution in [3.8, 4) is 0 Å². The van der Waals surface area contributed by atoms with Gasteiger partial charge in [-0.3, -0.25) is 9.69 Å². The van der Waals surface area contributed by atoms with E-state index in [1.54, 1.807) is 4.90 Å². The van der Waals surface area contributed by atoms with Crippen molar-refractivity contribution in [2.24, 2.45) is 5.92 Å². The summed E-state index contributed by atoms with van der Waals surface area (Å²) >= 11 is 0. The van der Waals surface area contributed by atoms with Gasteiger partial charge in [-0.05, 0) is 33.6 Å². The van der Waals surface area contributed by atoms with Gasteiger partial charge in [-0.25, -0.2) is 4.79 Å². The van der Waals surface area contributed by atoms with Crippen molar-refractivity contribution in [2.45, 2.75) is 51.3 Å². The third-order valence-electron chi connectivity index (χ3n) is 3.66. The summed E-state index contributed by atoms with van der Waals surface area (Å²) in [7, 11) is 1.40. The zero-order chi connectivity index (χ0) is 14.9. The number of fused-ring (bicyclic) bond motifs is 2. The molecule has 2 aliphatic heterocycles. The van der Waals surface area contributed by atoms with Gasteiger partial charge < -0.3 is 14.2 Å².